The van der Waals surface area contributed by atoms with Crippen LogP contribution in [0.4, 0.5) is 0 Å². The van der Waals surface area contributed by atoms with E-state index in [1.165, 1.54) is 5.56 Å². The van der Waals surface area contributed by atoms with Crippen LogP contribution in [0.5, 0.6) is 0 Å². The van der Waals surface area contributed by atoms with E-state index in [1.54, 1.807) is 6.92 Å². The summed E-state index contributed by atoms with van der Waals surface area (Å²) >= 11 is 0. The summed E-state index contributed by atoms with van der Waals surface area (Å²) in [5, 5.41) is 3.37. The Morgan fingerprint density at radius 3 is 2.59 bits per heavy atom. The summed E-state index contributed by atoms with van der Waals surface area (Å²) in [5.41, 5.74) is 3.25. The summed E-state index contributed by atoms with van der Waals surface area (Å²) in [7, 11) is 0. The minimum Gasteiger partial charge on any atom is -0.357 e. The number of nitrogens with one attached hydrogen (secondary N) is 1. The molecule has 8 heteroatoms. The van der Waals surface area contributed by atoms with Crippen molar-refractivity contribution < 1.29 is 4.79 Å². The molecule has 1 fully saturated rings. The topological polar surface area (TPSA) is 65.2 Å². The van der Waals surface area contributed by atoms with Gasteiger partial charge in [0.05, 0.1) is 5.69 Å². The van der Waals surface area contributed by atoms with Crippen molar-refractivity contribution in [3.05, 3.63) is 35.8 Å². The highest BCUT2D eigenvalue weighted by Gasteiger charge is 2.20. The van der Waals surface area contributed by atoms with Gasteiger partial charge in [0, 0.05) is 65.0 Å². The van der Waals surface area contributed by atoms with Gasteiger partial charge in [0.1, 0.15) is 5.65 Å². The molecule has 0 bridgehead atoms. The van der Waals surface area contributed by atoms with Crippen LogP contribution in [0, 0.1) is 6.92 Å². The van der Waals surface area contributed by atoms with Gasteiger partial charge < -0.3 is 19.5 Å². The van der Waals surface area contributed by atoms with Crippen LogP contribution in [-0.4, -0.2) is 70.3 Å². The predicted molar refractivity (Wildman–Crippen MR) is 119 cm³/mol. The van der Waals surface area contributed by atoms with Crippen LogP contribution in [0.1, 0.15) is 25.1 Å². The Morgan fingerprint density at radius 2 is 1.96 bits per heavy atom. The second-order valence-electron chi connectivity index (χ2n) is 6.63. The minimum absolute atomic E-state index is 0. The Hall–Kier alpha value is -1.84. The number of rotatable bonds is 4. The molecule has 148 valence electrons. The lowest BCUT2D eigenvalue weighted by Gasteiger charge is -2.36. The molecule has 0 radical (unpaired) electrons. The number of halogens is 1. The molecule has 7 nitrogen and oxygen atoms in total. The van der Waals surface area contributed by atoms with Gasteiger partial charge in [0.25, 0.3) is 0 Å². The maximum Gasteiger partial charge on any atom is 0.219 e. The zero-order valence-corrected chi connectivity index (χ0v) is 18.6. The van der Waals surface area contributed by atoms with E-state index in [-0.39, 0.29) is 29.9 Å². The van der Waals surface area contributed by atoms with Crippen molar-refractivity contribution >= 4 is 41.5 Å². The molecule has 0 aliphatic carbocycles. The largest absolute Gasteiger partial charge is 0.357 e. The lowest BCUT2D eigenvalue weighted by atomic mass is 10.3. The van der Waals surface area contributed by atoms with Crippen LogP contribution in [0.2, 0.25) is 0 Å². The Morgan fingerprint density at radius 1 is 1.26 bits per heavy atom. The molecule has 3 rings (SSSR count). The van der Waals surface area contributed by atoms with E-state index >= 15 is 0 Å². The van der Waals surface area contributed by atoms with Crippen molar-refractivity contribution in [1.82, 2.24) is 24.5 Å². The average Bonchev–Trinajstić information content (AvgIpc) is 3.05. The van der Waals surface area contributed by atoms with Gasteiger partial charge in [-0.15, -0.1) is 24.0 Å². The van der Waals surface area contributed by atoms with Crippen LogP contribution in [-0.2, 0) is 11.2 Å². The molecular formula is C19H29IN6O. The van der Waals surface area contributed by atoms with Gasteiger partial charge in [-0.2, -0.15) is 0 Å². The molecule has 1 N–H and O–H groups in total. The second-order valence-corrected chi connectivity index (χ2v) is 6.63. The van der Waals surface area contributed by atoms with Gasteiger partial charge in [-0.25, -0.2) is 4.98 Å². The first kappa shape index (κ1) is 21.5. The highest BCUT2D eigenvalue weighted by atomic mass is 127. The van der Waals surface area contributed by atoms with Gasteiger partial charge in [-0.3, -0.25) is 9.79 Å². The highest BCUT2D eigenvalue weighted by molar-refractivity contribution is 14.0. The van der Waals surface area contributed by atoms with E-state index in [4.69, 9.17) is 9.98 Å². The first-order valence-corrected chi connectivity index (χ1v) is 9.30. The van der Waals surface area contributed by atoms with E-state index in [2.05, 4.69) is 40.7 Å². The van der Waals surface area contributed by atoms with Crippen molar-refractivity contribution in [2.24, 2.45) is 4.99 Å². The summed E-state index contributed by atoms with van der Waals surface area (Å²) in [6, 6.07) is 4.12. The van der Waals surface area contributed by atoms with Crippen molar-refractivity contribution in [3.63, 3.8) is 0 Å². The third-order valence-electron chi connectivity index (χ3n) is 4.72. The SMILES string of the molecule is CCNC(=NCCc1cn2cccc(C)c2n1)N1CCN(C(C)=O)CC1.I. The van der Waals surface area contributed by atoms with Crippen LogP contribution < -0.4 is 5.32 Å². The molecule has 1 saturated heterocycles. The van der Waals surface area contributed by atoms with Gasteiger partial charge in [0.15, 0.2) is 5.96 Å². The van der Waals surface area contributed by atoms with Crippen molar-refractivity contribution in [2.75, 3.05) is 39.3 Å². The van der Waals surface area contributed by atoms with Crippen molar-refractivity contribution in [1.29, 1.82) is 0 Å². The Balaban J connectivity index is 0.00000261. The van der Waals surface area contributed by atoms with Crippen molar-refractivity contribution in [3.8, 4) is 0 Å². The zero-order chi connectivity index (χ0) is 18.5. The number of carbonyl (C=O) groups excluding carboxylic acids is 1. The highest BCUT2D eigenvalue weighted by Crippen LogP contribution is 2.10. The Bertz CT molecular complexity index is 795. The summed E-state index contributed by atoms with van der Waals surface area (Å²) in [6.45, 7) is 10.5. The molecule has 0 saturated carbocycles. The zero-order valence-electron chi connectivity index (χ0n) is 16.3. The summed E-state index contributed by atoms with van der Waals surface area (Å²) in [4.78, 5) is 25.1. The fourth-order valence-corrected chi connectivity index (χ4v) is 3.26. The van der Waals surface area contributed by atoms with Crippen molar-refractivity contribution in [2.45, 2.75) is 27.2 Å². The van der Waals surface area contributed by atoms with Gasteiger partial charge in [-0.1, -0.05) is 6.07 Å². The standard InChI is InChI=1S/C19H28N6O.HI/c1-4-20-19(24-12-10-23(11-13-24)16(3)26)21-8-7-17-14-25-9-5-6-15(2)18(25)22-17;/h5-6,9,14H,4,7-8,10-13H2,1-3H3,(H,20,21);1H. The lowest BCUT2D eigenvalue weighted by molar-refractivity contribution is -0.130. The number of aryl methyl sites for hydroxylation is 1. The normalized spacial score (nSPS) is 15.0. The molecule has 1 amide bonds. The predicted octanol–water partition coefficient (Wildman–Crippen LogP) is 1.93. The number of nitrogens with zero attached hydrogens (tertiary/aromatic N) is 5. The third-order valence-corrected chi connectivity index (χ3v) is 4.72. The summed E-state index contributed by atoms with van der Waals surface area (Å²) in [6.07, 6.45) is 4.92. The molecule has 0 atom stereocenters. The molecule has 1 aliphatic rings. The Labute approximate surface area is 177 Å². The molecule has 2 aromatic rings. The number of hydrogen-bond acceptors (Lipinski definition) is 3. The molecule has 0 aromatic carbocycles. The minimum atomic E-state index is 0. The van der Waals surface area contributed by atoms with Gasteiger partial charge in [-0.05, 0) is 25.5 Å². The molecule has 27 heavy (non-hydrogen) atoms. The first-order chi connectivity index (χ1) is 12.6. The van der Waals surface area contributed by atoms with Crippen LogP contribution >= 0.6 is 24.0 Å². The number of amides is 1. The number of guanidine groups is 1. The molecule has 3 heterocycles. The molecule has 1 aliphatic heterocycles. The maximum atomic E-state index is 11.5. The van der Waals surface area contributed by atoms with Gasteiger partial charge in [0.2, 0.25) is 5.91 Å². The summed E-state index contributed by atoms with van der Waals surface area (Å²) < 4.78 is 2.07. The fraction of sp³-hybridized carbons (Fsp3) is 0.526. The maximum absolute atomic E-state index is 11.5. The van der Waals surface area contributed by atoms with E-state index in [9.17, 15) is 4.79 Å². The quantitative estimate of drug-likeness (QED) is 0.410. The molecule has 0 unspecified atom stereocenters. The second kappa shape index (κ2) is 9.91. The number of aromatic nitrogens is 2. The number of hydrogen-bond donors (Lipinski definition) is 1. The number of fused-ring (bicyclic) bond motifs is 1. The van der Waals surface area contributed by atoms with E-state index < -0.39 is 0 Å². The molecule has 2 aromatic heterocycles. The number of piperazine rings is 1. The third kappa shape index (κ3) is 5.33. The van der Waals surface area contributed by atoms with E-state index in [1.807, 2.05) is 17.2 Å². The Kier molecular flexibility index (Phi) is 7.88. The van der Waals surface area contributed by atoms with Crippen LogP contribution in [0.15, 0.2) is 29.5 Å². The number of aliphatic imine (C=N–C) groups is 1. The fourth-order valence-electron chi connectivity index (χ4n) is 3.26. The number of pyridine rings is 1. The molecular weight excluding hydrogens is 455 g/mol. The van der Waals surface area contributed by atoms with Crippen LogP contribution in [0.25, 0.3) is 5.65 Å². The monoisotopic (exact) mass is 484 g/mol. The summed E-state index contributed by atoms with van der Waals surface area (Å²) in [5.74, 6) is 1.07. The van der Waals surface area contributed by atoms with Crippen LogP contribution in [0.3, 0.4) is 0 Å². The van der Waals surface area contributed by atoms with E-state index in [0.29, 0.717) is 6.54 Å². The van der Waals surface area contributed by atoms with Gasteiger partial charge >= 0.3 is 0 Å². The smallest absolute Gasteiger partial charge is 0.219 e. The average molecular weight is 484 g/mol. The molecule has 0 spiro atoms. The number of carbonyl (C=O) groups is 1. The lowest BCUT2D eigenvalue weighted by Crippen LogP contribution is -2.53. The van der Waals surface area contributed by atoms with E-state index in [0.717, 1.165) is 56.4 Å². The number of imidazole rings is 1. The first-order valence-electron chi connectivity index (χ1n) is 9.30.